The van der Waals surface area contributed by atoms with Crippen molar-refractivity contribution in [1.29, 1.82) is 0 Å². The van der Waals surface area contributed by atoms with Gasteiger partial charge in [0.2, 0.25) is 0 Å². The molecule has 33 heavy (non-hydrogen) atoms. The quantitative estimate of drug-likeness (QED) is 0.477. The van der Waals surface area contributed by atoms with Crippen molar-refractivity contribution < 1.29 is 39.6 Å². The summed E-state index contributed by atoms with van der Waals surface area (Å²) in [7, 11) is 2.17. The van der Waals surface area contributed by atoms with Crippen LogP contribution in [-0.2, 0) is 19.2 Å². The summed E-state index contributed by atoms with van der Waals surface area (Å²) in [5, 5.41) is 32.5. The maximum absolute atomic E-state index is 9.55. The van der Waals surface area contributed by atoms with Gasteiger partial charge in [-0.2, -0.15) is 0 Å². The number of carbonyl (C=O) groups is 4. The number of hydrogen-bond acceptors (Lipinski definition) is 7. The second-order valence-corrected chi connectivity index (χ2v) is 6.67. The largest absolute Gasteiger partial charge is 0.478 e. The molecule has 1 saturated heterocycles. The number of nitrogens with zero attached hydrogens (tertiary/aromatic N) is 3. The number of carboxylic acid groups (broad SMARTS) is 4. The van der Waals surface area contributed by atoms with Crippen LogP contribution in [0.4, 0.5) is 5.82 Å². The van der Waals surface area contributed by atoms with Crippen LogP contribution in [0.15, 0.2) is 60.7 Å². The van der Waals surface area contributed by atoms with E-state index in [1.54, 1.807) is 0 Å². The van der Waals surface area contributed by atoms with Crippen LogP contribution >= 0.6 is 0 Å². The van der Waals surface area contributed by atoms with Crippen molar-refractivity contribution >= 4 is 40.6 Å². The molecular formula is C22H25N3O8. The molecule has 2 heterocycles. The number of benzene rings is 1. The molecule has 0 spiro atoms. The van der Waals surface area contributed by atoms with Crippen molar-refractivity contribution in [3.8, 4) is 0 Å². The SMILES string of the molecule is CN1CCN(c2ccc3ccccc3n2)CC1.O=C(O)/C=C/C(=O)O.O=C(O)/C=C/C(=O)O. The highest BCUT2D eigenvalue weighted by atomic mass is 16.4. The molecule has 176 valence electrons. The van der Waals surface area contributed by atoms with E-state index in [1.807, 2.05) is 6.07 Å². The van der Waals surface area contributed by atoms with Crippen molar-refractivity contribution in [3.05, 3.63) is 60.7 Å². The third-order valence-electron chi connectivity index (χ3n) is 4.15. The van der Waals surface area contributed by atoms with Gasteiger partial charge in [0.1, 0.15) is 5.82 Å². The average Bonchev–Trinajstić information content (AvgIpc) is 2.77. The lowest BCUT2D eigenvalue weighted by Gasteiger charge is -2.33. The Hall–Kier alpha value is -4.25. The van der Waals surface area contributed by atoms with Crippen molar-refractivity contribution in [2.45, 2.75) is 0 Å². The number of likely N-dealkylation sites (N-methyl/N-ethyl adjacent to an activating group) is 1. The van der Waals surface area contributed by atoms with E-state index in [4.69, 9.17) is 25.4 Å². The number of para-hydroxylation sites is 1. The third kappa shape index (κ3) is 11.6. The first-order valence-electron chi connectivity index (χ1n) is 9.65. The number of pyridine rings is 1. The summed E-state index contributed by atoms with van der Waals surface area (Å²) in [6, 6.07) is 12.6. The van der Waals surface area contributed by atoms with E-state index in [1.165, 1.54) is 5.39 Å². The zero-order valence-corrected chi connectivity index (χ0v) is 17.9. The fourth-order valence-electron chi connectivity index (χ4n) is 2.55. The van der Waals surface area contributed by atoms with Crippen LogP contribution in [0.2, 0.25) is 0 Å². The molecule has 0 aliphatic carbocycles. The van der Waals surface area contributed by atoms with Crippen molar-refractivity contribution in [2.75, 3.05) is 38.1 Å². The van der Waals surface area contributed by atoms with Gasteiger partial charge in [0, 0.05) is 55.9 Å². The molecule has 11 nitrogen and oxygen atoms in total. The Bertz CT molecular complexity index is 961. The smallest absolute Gasteiger partial charge is 0.328 e. The molecule has 11 heteroatoms. The van der Waals surface area contributed by atoms with Crippen LogP contribution in [0.1, 0.15) is 0 Å². The summed E-state index contributed by atoms with van der Waals surface area (Å²) in [5.74, 6) is -3.92. The molecule has 1 aliphatic heterocycles. The van der Waals surface area contributed by atoms with Gasteiger partial charge >= 0.3 is 23.9 Å². The lowest BCUT2D eigenvalue weighted by molar-refractivity contribution is -0.134. The molecule has 1 aromatic heterocycles. The predicted octanol–water partition coefficient (Wildman–Crippen LogP) is 1.41. The molecule has 1 fully saturated rings. The molecule has 1 aromatic carbocycles. The van der Waals surface area contributed by atoms with Gasteiger partial charge in [0.25, 0.3) is 0 Å². The predicted molar refractivity (Wildman–Crippen MR) is 120 cm³/mol. The van der Waals surface area contributed by atoms with Crippen LogP contribution in [0.3, 0.4) is 0 Å². The molecule has 0 atom stereocenters. The van der Waals surface area contributed by atoms with E-state index in [-0.39, 0.29) is 0 Å². The number of aliphatic carboxylic acids is 4. The van der Waals surface area contributed by atoms with Gasteiger partial charge in [-0.25, -0.2) is 24.2 Å². The summed E-state index contributed by atoms with van der Waals surface area (Å²) >= 11 is 0. The van der Waals surface area contributed by atoms with Crippen LogP contribution in [0.5, 0.6) is 0 Å². The maximum Gasteiger partial charge on any atom is 0.328 e. The minimum absolute atomic E-state index is 0.558. The van der Waals surface area contributed by atoms with Crippen LogP contribution in [-0.4, -0.2) is 87.4 Å². The first kappa shape index (κ1) is 26.8. The standard InChI is InChI=1S/C14H17N3.2C4H4O4/c1-16-8-10-17(11-9-16)14-7-6-12-4-2-3-5-13(12)15-14;2*5-3(6)1-2-4(7)8/h2-7H,8-11H2,1H3;2*1-2H,(H,5,6)(H,7,8)/b;2*2-1+. The number of fused-ring (bicyclic) bond motifs is 1. The topological polar surface area (TPSA) is 169 Å². The highest BCUT2D eigenvalue weighted by Gasteiger charge is 2.15. The Morgan fingerprint density at radius 3 is 1.64 bits per heavy atom. The highest BCUT2D eigenvalue weighted by molar-refractivity contribution is 5.90. The van der Waals surface area contributed by atoms with Gasteiger partial charge in [0.15, 0.2) is 0 Å². The minimum atomic E-state index is -1.26. The summed E-state index contributed by atoms with van der Waals surface area (Å²) in [6.07, 6.45) is 2.23. The Morgan fingerprint density at radius 2 is 1.18 bits per heavy atom. The monoisotopic (exact) mass is 459 g/mol. The molecule has 1 aliphatic rings. The van der Waals surface area contributed by atoms with E-state index in [9.17, 15) is 19.2 Å². The van der Waals surface area contributed by atoms with Crippen LogP contribution < -0.4 is 4.90 Å². The number of aromatic nitrogens is 1. The molecule has 3 rings (SSSR count). The summed E-state index contributed by atoms with van der Waals surface area (Å²) in [5.41, 5.74) is 1.09. The fourth-order valence-corrected chi connectivity index (χ4v) is 2.55. The molecular weight excluding hydrogens is 434 g/mol. The maximum atomic E-state index is 9.55. The number of carboxylic acids is 4. The molecule has 0 bridgehead atoms. The van der Waals surface area contributed by atoms with Crippen molar-refractivity contribution in [3.63, 3.8) is 0 Å². The Balaban J connectivity index is 0.000000288. The number of rotatable bonds is 5. The lowest BCUT2D eigenvalue weighted by atomic mass is 10.2. The number of piperazine rings is 1. The second-order valence-electron chi connectivity index (χ2n) is 6.67. The van der Waals surface area contributed by atoms with Gasteiger partial charge in [-0.15, -0.1) is 0 Å². The average molecular weight is 459 g/mol. The minimum Gasteiger partial charge on any atom is -0.478 e. The van der Waals surface area contributed by atoms with Crippen molar-refractivity contribution in [1.82, 2.24) is 9.88 Å². The molecule has 2 aromatic rings. The highest BCUT2D eigenvalue weighted by Crippen LogP contribution is 2.18. The van der Waals surface area contributed by atoms with Gasteiger partial charge in [0.05, 0.1) is 5.52 Å². The molecule has 0 radical (unpaired) electrons. The molecule has 0 amide bonds. The van der Waals surface area contributed by atoms with Crippen molar-refractivity contribution in [2.24, 2.45) is 0 Å². The van der Waals surface area contributed by atoms with E-state index >= 15 is 0 Å². The first-order valence-corrected chi connectivity index (χ1v) is 9.65. The second kappa shape index (κ2) is 13.9. The van der Waals surface area contributed by atoms with Gasteiger partial charge in [-0.1, -0.05) is 18.2 Å². The Morgan fingerprint density at radius 1 is 0.727 bits per heavy atom. The molecule has 0 saturated carbocycles. The zero-order chi connectivity index (χ0) is 24.8. The first-order chi connectivity index (χ1) is 15.6. The van der Waals surface area contributed by atoms with Gasteiger partial charge < -0.3 is 30.2 Å². The summed E-state index contributed by atoms with van der Waals surface area (Å²) < 4.78 is 0. The van der Waals surface area contributed by atoms with Gasteiger partial charge in [-0.3, -0.25) is 0 Å². The van der Waals surface area contributed by atoms with E-state index in [0.717, 1.165) is 37.5 Å². The van der Waals surface area contributed by atoms with E-state index < -0.39 is 23.9 Å². The number of hydrogen-bond donors (Lipinski definition) is 4. The third-order valence-corrected chi connectivity index (χ3v) is 4.15. The van der Waals surface area contributed by atoms with Crippen LogP contribution in [0.25, 0.3) is 10.9 Å². The van der Waals surface area contributed by atoms with Gasteiger partial charge in [-0.05, 0) is 25.2 Å². The molecule has 4 N–H and O–H groups in total. The number of anilines is 1. The Kier molecular flexibility index (Phi) is 11.3. The molecule has 0 unspecified atom stereocenters. The summed E-state index contributed by atoms with van der Waals surface area (Å²) in [4.78, 5) is 47.7. The summed E-state index contributed by atoms with van der Waals surface area (Å²) in [6.45, 7) is 4.38. The lowest BCUT2D eigenvalue weighted by Crippen LogP contribution is -2.44. The van der Waals surface area contributed by atoms with E-state index in [0.29, 0.717) is 24.3 Å². The Labute approximate surface area is 189 Å². The zero-order valence-electron chi connectivity index (χ0n) is 17.9. The van der Waals surface area contributed by atoms with Crippen LogP contribution in [0, 0.1) is 0 Å². The van der Waals surface area contributed by atoms with E-state index in [2.05, 4.69) is 47.2 Å². The fraction of sp³-hybridized carbons (Fsp3) is 0.227. The normalized spacial score (nSPS) is 13.7.